The standard InChI is InChI=1S/C30H27NO6/c1-2-3-13-25(29(34)36-18-20-11-5-4-6-12-20)27(28(32)33)31-30(35)37-19-26-23-16-9-7-14-21(23)22-15-8-10-17-24(22)26/h4-12,14-17,25-27H,13,18-19H2,1H3,(H,31,35)(H,32,33)/t25?,27-/m0/s1. The first-order valence-corrected chi connectivity index (χ1v) is 11.9. The van der Waals surface area contributed by atoms with Gasteiger partial charge >= 0.3 is 18.0 Å². The lowest BCUT2D eigenvalue weighted by molar-refractivity contribution is -0.156. The van der Waals surface area contributed by atoms with E-state index in [9.17, 15) is 19.5 Å². The number of benzene rings is 3. The van der Waals surface area contributed by atoms with Crippen LogP contribution >= 0.6 is 0 Å². The van der Waals surface area contributed by atoms with Gasteiger partial charge in [0.1, 0.15) is 19.3 Å². The van der Waals surface area contributed by atoms with Gasteiger partial charge in [-0.2, -0.15) is 0 Å². The number of rotatable bonds is 9. The first-order chi connectivity index (χ1) is 18.0. The highest BCUT2D eigenvalue weighted by molar-refractivity contribution is 5.87. The summed E-state index contributed by atoms with van der Waals surface area (Å²) < 4.78 is 10.8. The Hall–Kier alpha value is -4.57. The first kappa shape index (κ1) is 25.5. The Morgan fingerprint density at radius 3 is 2.08 bits per heavy atom. The average molecular weight is 498 g/mol. The lowest BCUT2D eigenvalue weighted by Gasteiger charge is -2.22. The number of carbonyl (C=O) groups is 3. The quantitative estimate of drug-likeness (QED) is 0.327. The molecule has 7 nitrogen and oxygen atoms in total. The predicted octanol–water partition coefficient (Wildman–Crippen LogP) is 4.75. The van der Waals surface area contributed by atoms with E-state index in [0.29, 0.717) is 0 Å². The van der Waals surface area contributed by atoms with Gasteiger partial charge in [-0.3, -0.25) is 4.79 Å². The number of alkyl carbamates (subject to hydrolysis) is 1. The summed E-state index contributed by atoms with van der Waals surface area (Å²) in [5, 5.41) is 12.2. The molecule has 0 saturated heterocycles. The topological polar surface area (TPSA) is 102 Å². The molecule has 3 aromatic rings. The van der Waals surface area contributed by atoms with Crippen LogP contribution in [-0.4, -0.2) is 35.8 Å². The maximum Gasteiger partial charge on any atom is 0.407 e. The van der Waals surface area contributed by atoms with Crippen LogP contribution in [0.1, 0.15) is 36.0 Å². The molecule has 37 heavy (non-hydrogen) atoms. The highest BCUT2D eigenvalue weighted by atomic mass is 16.6. The van der Waals surface area contributed by atoms with Gasteiger partial charge in [0.15, 0.2) is 0 Å². The fourth-order valence-electron chi connectivity index (χ4n) is 4.49. The number of hydrogen-bond donors (Lipinski definition) is 2. The van der Waals surface area contributed by atoms with Crippen LogP contribution in [0.5, 0.6) is 0 Å². The molecular formula is C30H27NO6. The minimum Gasteiger partial charge on any atom is -0.480 e. The van der Waals surface area contributed by atoms with Gasteiger partial charge in [-0.25, -0.2) is 9.59 Å². The number of aliphatic carboxylic acids is 1. The van der Waals surface area contributed by atoms with Crippen molar-refractivity contribution < 1.29 is 29.0 Å². The number of carboxylic acids is 1. The second-order valence-electron chi connectivity index (χ2n) is 8.62. The summed E-state index contributed by atoms with van der Waals surface area (Å²) >= 11 is 0. The van der Waals surface area contributed by atoms with Crippen molar-refractivity contribution >= 4 is 18.0 Å². The Morgan fingerprint density at radius 2 is 1.49 bits per heavy atom. The van der Waals surface area contributed by atoms with Crippen LogP contribution in [0, 0.1) is 17.8 Å². The van der Waals surface area contributed by atoms with E-state index in [4.69, 9.17) is 9.47 Å². The molecule has 0 aromatic heterocycles. The molecule has 0 radical (unpaired) electrons. The van der Waals surface area contributed by atoms with Crippen LogP contribution in [0.2, 0.25) is 0 Å². The summed E-state index contributed by atoms with van der Waals surface area (Å²) in [5.74, 6) is 1.85. The van der Waals surface area contributed by atoms with Crippen molar-refractivity contribution in [3.05, 3.63) is 95.6 Å². The first-order valence-electron chi connectivity index (χ1n) is 11.9. The van der Waals surface area contributed by atoms with Gasteiger partial charge in [0.25, 0.3) is 0 Å². The number of ether oxygens (including phenoxy) is 2. The second-order valence-corrected chi connectivity index (χ2v) is 8.62. The third-order valence-electron chi connectivity index (χ3n) is 6.31. The Kier molecular flexibility index (Phi) is 8.22. The van der Waals surface area contributed by atoms with Gasteiger partial charge in [-0.1, -0.05) is 78.9 Å². The van der Waals surface area contributed by atoms with Crippen LogP contribution in [0.25, 0.3) is 11.1 Å². The molecular weight excluding hydrogens is 470 g/mol. The van der Waals surface area contributed by atoms with Crippen molar-refractivity contribution in [2.45, 2.75) is 31.9 Å². The highest BCUT2D eigenvalue weighted by Gasteiger charge is 2.37. The molecule has 2 N–H and O–H groups in total. The van der Waals surface area contributed by atoms with E-state index < -0.39 is 30.0 Å². The van der Waals surface area contributed by atoms with E-state index in [2.05, 4.69) is 17.2 Å². The maximum atomic E-state index is 12.8. The molecule has 1 aliphatic rings. The molecule has 1 amide bonds. The third kappa shape index (κ3) is 5.99. The number of carboxylic acid groups (broad SMARTS) is 1. The van der Waals surface area contributed by atoms with Crippen molar-refractivity contribution in [2.75, 3.05) is 6.61 Å². The van der Waals surface area contributed by atoms with Crippen LogP contribution in [0.4, 0.5) is 4.79 Å². The van der Waals surface area contributed by atoms with Gasteiger partial charge in [-0.15, -0.1) is 11.8 Å². The molecule has 4 rings (SSSR count). The fourth-order valence-corrected chi connectivity index (χ4v) is 4.49. The zero-order valence-corrected chi connectivity index (χ0v) is 20.3. The molecule has 0 spiro atoms. The van der Waals surface area contributed by atoms with Gasteiger partial charge in [0.2, 0.25) is 0 Å². The van der Waals surface area contributed by atoms with E-state index in [0.717, 1.165) is 27.8 Å². The summed E-state index contributed by atoms with van der Waals surface area (Å²) in [5.41, 5.74) is 4.98. The van der Waals surface area contributed by atoms with Crippen molar-refractivity contribution in [1.29, 1.82) is 0 Å². The normalized spacial score (nSPS) is 13.2. The van der Waals surface area contributed by atoms with Gasteiger partial charge in [0.05, 0.1) is 5.92 Å². The number of esters is 1. The summed E-state index contributed by atoms with van der Waals surface area (Å²) in [7, 11) is 0. The Bertz CT molecular complexity index is 1300. The molecule has 2 atom stereocenters. The van der Waals surface area contributed by atoms with Crippen molar-refractivity contribution in [3.8, 4) is 23.0 Å². The van der Waals surface area contributed by atoms with E-state index in [1.54, 1.807) is 19.1 Å². The molecule has 0 saturated carbocycles. The van der Waals surface area contributed by atoms with Crippen LogP contribution in [-0.2, 0) is 25.7 Å². The maximum absolute atomic E-state index is 12.8. The summed E-state index contributed by atoms with van der Waals surface area (Å²) in [6.07, 6.45) is -1.02. The monoisotopic (exact) mass is 497 g/mol. The lowest BCUT2D eigenvalue weighted by atomic mass is 9.96. The van der Waals surface area contributed by atoms with Gasteiger partial charge in [-0.05, 0) is 34.7 Å². The van der Waals surface area contributed by atoms with Gasteiger partial charge in [0, 0.05) is 12.3 Å². The molecule has 0 bridgehead atoms. The molecule has 1 aliphatic carbocycles. The summed E-state index contributed by atoms with van der Waals surface area (Å²) in [6, 6.07) is 23.3. The molecule has 0 fully saturated rings. The van der Waals surface area contributed by atoms with E-state index in [1.807, 2.05) is 66.7 Å². The molecule has 7 heteroatoms. The molecule has 188 valence electrons. The zero-order chi connectivity index (χ0) is 26.2. The predicted molar refractivity (Wildman–Crippen MR) is 137 cm³/mol. The van der Waals surface area contributed by atoms with E-state index in [-0.39, 0.29) is 25.6 Å². The lowest BCUT2D eigenvalue weighted by Crippen LogP contribution is -2.49. The van der Waals surface area contributed by atoms with Gasteiger partial charge < -0.3 is 19.9 Å². The smallest absolute Gasteiger partial charge is 0.407 e. The third-order valence-corrected chi connectivity index (χ3v) is 6.31. The van der Waals surface area contributed by atoms with Crippen molar-refractivity contribution in [2.24, 2.45) is 5.92 Å². The molecule has 0 aliphatic heterocycles. The Labute approximate surface area is 215 Å². The van der Waals surface area contributed by atoms with E-state index >= 15 is 0 Å². The average Bonchev–Trinajstić information content (AvgIpc) is 3.24. The van der Waals surface area contributed by atoms with Crippen LogP contribution < -0.4 is 5.32 Å². The fraction of sp³-hybridized carbons (Fsp3) is 0.233. The Morgan fingerprint density at radius 1 is 0.892 bits per heavy atom. The SMILES string of the molecule is CC#CCC(C(=O)OCc1ccccc1)[C@H](NC(=O)OCC1c2ccccc2-c2ccccc21)C(=O)O. The van der Waals surface area contributed by atoms with Crippen LogP contribution in [0.15, 0.2) is 78.9 Å². The van der Waals surface area contributed by atoms with Crippen molar-refractivity contribution in [3.63, 3.8) is 0 Å². The molecule has 0 heterocycles. The summed E-state index contributed by atoms with van der Waals surface area (Å²) in [4.78, 5) is 37.7. The van der Waals surface area contributed by atoms with Crippen molar-refractivity contribution in [1.82, 2.24) is 5.32 Å². The minimum atomic E-state index is -1.57. The van der Waals surface area contributed by atoms with E-state index in [1.165, 1.54) is 0 Å². The largest absolute Gasteiger partial charge is 0.480 e. The van der Waals surface area contributed by atoms with Crippen LogP contribution in [0.3, 0.4) is 0 Å². The Balaban J connectivity index is 1.44. The number of carbonyl (C=O) groups excluding carboxylic acids is 2. The number of nitrogens with one attached hydrogen (secondary N) is 1. The number of hydrogen-bond acceptors (Lipinski definition) is 5. The minimum absolute atomic E-state index is 0.0179. The second kappa shape index (κ2) is 11.9. The summed E-state index contributed by atoms with van der Waals surface area (Å²) in [6.45, 7) is 1.58. The zero-order valence-electron chi connectivity index (χ0n) is 20.3. The number of amides is 1. The molecule has 3 aromatic carbocycles. The molecule has 1 unspecified atom stereocenters. The highest BCUT2D eigenvalue weighted by Crippen LogP contribution is 2.44. The number of fused-ring (bicyclic) bond motifs is 3.